The van der Waals surface area contributed by atoms with Crippen molar-refractivity contribution in [1.82, 2.24) is 4.90 Å². The molecule has 0 heterocycles. The predicted molar refractivity (Wildman–Crippen MR) is 60.1 cm³/mol. The highest BCUT2D eigenvalue weighted by molar-refractivity contribution is 4.91. The minimum Gasteiger partial charge on any atom is -0.326 e. The Balaban J connectivity index is 1.77. The lowest BCUT2D eigenvalue weighted by molar-refractivity contribution is 0.214. The van der Waals surface area contributed by atoms with E-state index in [2.05, 4.69) is 18.7 Å². The molecule has 2 aliphatic carbocycles. The third-order valence-corrected chi connectivity index (χ3v) is 3.34. The normalized spacial score (nSPS) is 24.6. The second kappa shape index (κ2) is 4.19. The molecule has 2 aliphatic rings. The minimum absolute atomic E-state index is 0.453. The number of hydrogen-bond donors (Lipinski definition) is 1. The van der Waals surface area contributed by atoms with Crippen LogP contribution in [0, 0.1) is 11.8 Å². The lowest BCUT2D eigenvalue weighted by Crippen LogP contribution is -2.41. The van der Waals surface area contributed by atoms with Crippen molar-refractivity contribution in [2.75, 3.05) is 13.1 Å². The third kappa shape index (κ3) is 2.96. The Kier molecular flexibility index (Phi) is 3.13. The van der Waals surface area contributed by atoms with Crippen molar-refractivity contribution in [2.24, 2.45) is 17.6 Å². The zero-order valence-electron chi connectivity index (χ0n) is 9.58. The summed E-state index contributed by atoms with van der Waals surface area (Å²) in [5, 5.41) is 0. The molecule has 14 heavy (non-hydrogen) atoms. The van der Waals surface area contributed by atoms with Crippen molar-refractivity contribution in [3.63, 3.8) is 0 Å². The van der Waals surface area contributed by atoms with Gasteiger partial charge in [0.15, 0.2) is 0 Å². The van der Waals surface area contributed by atoms with E-state index >= 15 is 0 Å². The summed E-state index contributed by atoms with van der Waals surface area (Å²) in [5.74, 6) is 1.63. The number of hydrogen-bond acceptors (Lipinski definition) is 2. The van der Waals surface area contributed by atoms with E-state index < -0.39 is 0 Å². The fourth-order valence-corrected chi connectivity index (χ4v) is 2.23. The summed E-state index contributed by atoms with van der Waals surface area (Å²) in [6.07, 6.45) is 5.57. The van der Waals surface area contributed by atoms with Crippen LogP contribution in [0.4, 0.5) is 0 Å². The minimum atomic E-state index is 0.453. The molecule has 82 valence electrons. The zero-order chi connectivity index (χ0) is 10.1. The summed E-state index contributed by atoms with van der Waals surface area (Å²) in [7, 11) is 0. The molecule has 0 radical (unpaired) electrons. The van der Waals surface area contributed by atoms with Gasteiger partial charge in [0.05, 0.1) is 0 Å². The quantitative estimate of drug-likeness (QED) is 0.702. The lowest BCUT2D eigenvalue weighted by Gasteiger charge is -2.27. The maximum atomic E-state index is 6.18. The molecule has 0 aliphatic heterocycles. The van der Waals surface area contributed by atoms with Crippen LogP contribution in [0.25, 0.3) is 0 Å². The molecule has 0 aromatic heterocycles. The van der Waals surface area contributed by atoms with Gasteiger partial charge in [0.1, 0.15) is 0 Å². The molecule has 2 saturated carbocycles. The van der Waals surface area contributed by atoms with Gasteiger partial charge in [0, 0.05) is 25.2 Å². The average molecular weight is 196 g/mol. The monoisotopic (exact) mass is 196 g/mol. The van der Waals surface area contributed by atoms with Gasteiger partial charge in [-0.05, 0) is 37.5 Å². The van der Waals surface area contributed by atoms with Gasteiger partial charge >= 0.3 is 0 Å². The van der Waals surface area contributed by atoms with Crippen LogP contribution in [0.5, 0.6) is 0 Å². The third-order valence-electron chi connectivity index (χ3n) is 3.34. The van der Waals surface area contributed by atoms with Gasteiger partial charge in [-0.25, -0.2) is 0 Å². The Hall–Kier alpha value is -0.0800. The second-order valence-electron chi connectivity index (χ2n) is 5.58. The SMILES string of the molecule is CC(C)CN(CC(N)C1CC1)C1CC1. The highest BCUT2D eigenvalue weighted by Crippen LogP contribution is 2.34. The van der Waals surface area contributed by atoms with Crippen LogP contribution in [-0.2, 0) is 0 Å². The summed E-state index contributed by atoms with van der Waals surface area (Å²) in [6, 6.07) is 1.33. The summed E-state index contributed by atoms with van der Waals surface area (Å²) in [5.41, 5.74) is 6.18. The first-order chi connectivity index (χ1) is 6.66. The average Bonchev–Trinajstić information content (AvgIpc) is 2.96. The van der Waals surface area contributed by atoms with Crippen LogP contribution >= 0.6 is 0 Å². The van der Waals surface area contributed by atoms with Crippen molar-refractivity contribution in [3.8, 4) is 0 Å². The van der Waals surface area contributed by atoms with Crippen LogP contribution in [0.3, 0.4) is 0 Å². The van der Waals surface area contributed by atoms with E-state index in [4.69, 9.17) is 5.73 Å². The second-order valence-corrected chi connectivity index (χ2v) is 5.58. The van der Waals surface area contributed by atoms with E-state index in [0.717, 1.165) is 24.4 Å². The molecule has 0 spiro atoms. The molecule has 1 atom stereocenters. The van der Waals surface area contributed by atoms with Crippen molar-refractivity contribution >= 4 is 0 Å². The fraction of sp³-hybridized carbons (Fsp3) is 1.00. The van der Waals surface area contributed by atoms with Crippen LogP contribution in [0.15, 0.2) is 0 Å². The number of rotatable bonds is 6. The van der Waals surface area contributed by atoms with E-state index in [-0.39, 0.29) is 0 Å². The smallest absolute Gasteiger partial charge is 0.0196 e. The first-order valence-corrected chi connectivity index (χ1v) is 6.16. The number of nitrogens with zero attached hydrogens (tertiary/aromatic N) is 1. The van der Waals surface area contributed by atoms with E-state index in [1.165, 1.54) is 32.2 Å². The van der Waals surface area contributed by atoms with Crippen molar-refractivity contribution < 1.29 is 0 Å². The summed E-state index contributed by atoms with van der Waals surface area (Å²) < 4.78 is 0. The molecule has 1 unspecified atom stereocenters. The Morgan fingerprint density at radius 2 is 1.79 bits per heavy atom. The molecule has 0 aromatic rings. The van der Waals surface area contributed by atoms with Gasteiger partial charge in [0.2, 0.25) is 0 Å². The molecule has 0 amide bonds. The maximum absolute atomic E-state index is 6.18. The fourth-order valence-electron chi connectivity index (χ4n) is 2.23. The molecule has 2 N–H and O–H groups in total. The van der Waals surface area contributed by atoms with Gasteiger partial charge < -0.3 is 5.73 Å². The van der Waals surface area contributed by atoms with Gasteiger partial charge in [0.25, 0.3) is 0 Å². The zero-order valence-corrected chi connectivity index (χ0v) is 9.58. The van der Waals surface area contributed by atoms with Crippen LogP contribution in [0.1, 0.15) is 39.5 Å². The molecular formula is C12H24N2. The van der Waals surface area contributed by atoms with Gasteiger partial charge in [-0.2, -0.15) is 0 Å². The van der Waals surface area contributed by atoms with Crippen LogP contribution < -0.4 is 5.73 Å². The largest absolute Gasteiger partial charge is 0.326 e. The van der Waals surface area contributed by atoms with Crippen LogP contribution in [-0.4, -0.2) is 30.1 Å². The highest BCUT2D eigenvalue weighted by Gasteiger charge is 2.34. The van der Waals surface area contributed by atoms with Gasteiger partial charge in [-0.1, -0.05) is 13.8 Å². The van der Waals surface area contributed by atoms with Gasteiger partial charge in [-0.15, -0.1) is 0 Å². The molecular weight excluding hydrogens is 172 g/mol. The Labute approximate surface area is 87.8 Å². The lowest BCUT2D eigenvalue weighted by atomic mass is 10.1. The molecule has 0 bridgehead atoms. The molecule has 2 rings (SSSR count). The topological polar surface area (TPSA) is 29.3 Å². The standard InChI is InChI=1S/C12H24N2/c1-9(2)7-14(11-5-6-11)8-12(13)10-3-4-10/h9-12H,3-8,13H2,1-2H3. The summed E-state index contributed by atoms with van der Waals surface area (Å²) in [6.45, 7) is 6.99. The van der Waals surface area contributed by atoms with E-state index in [9.17, 15) is 0 Å². The Bertz CT molecular complexity index is 183. The summed E-state index contributed by atoms with van der Waals surface area (Å²) in [4.78, 5) is 2.63. The van der Waals surface area contributed by atoms with E-state index in [0.29, 0.717) is 6.04 Å². The van der Waals surface area contributed by atoms with E-state index in [1.807, 2.05) is 0 Å². The first-order valence-electron chi connectivity index (χ1n) is 6.16. The first kappa shape index (κ1) is 10.4. The summed E-state index contributed by atoms with van der Waals surface area (Å²) >= 11 is 0. The molecule has 2 heteroatoms. The van der Waals surface area contributed by atoms with Crippen molar-refractivity contribution in [3.05, 3.63) is 0 Å². The molecule has 0 aromatic carbocycles. The number of nitrogens with two attached hydrogens (primary N) is 1. The predicted octanol–water partition coefficient (Wildman–Crippen LogP) is 1.84. The highest BCUT2D eigenvalue weighted by atomic mass is 15.2. The van der Waals surface area contributed by atoms with Crippen molar-refractivity contribution in [1.29, 1.82) is 0 Å². The Morgan fingerprint density at radius 1 is 1.14 bits per heavy atom. The van der Waals surface area contributed by atoms with Crippen molar-refractivity contribution in [2.45, 2.75) is 51.6 Å². The molecule has 2 fully saturated rings. The Morgan fingerprint density at radius 3 is 2.21 bits per heavy atom. The molecule has 0 saturated heterocycles. The van der Waals surface area contributed by atoms with Crippen LogP contribution in [0.2, 0.25) is 0 Å². The van der Waals surface area contributed by atoms with Gasteiger partial charge in [-0.3, -0.25) is 4.90 Å². The van der Waals surface area contributed by atoms with E-state index in [1.54, 1.807) is 0 Å². The molecule has 2 nitrogen and oxygen atoms in total. The maximum Gasteiger partial charge on any atom is 0.0196 e.